The molecule has 1 aliphatic rings. The van der Waals surface area contributed by atoms with Crippen molar-refractivity contribution in [3.05, 3.63) is 63.2 Å². The summed E-state index contributed by atoms with van der Waals surface area (Å²) in [4.78, 5) is 27.1. The van der Waals surface area contributed by atoms with Crippen molar-refractivity contribution in [2.75, 3.05) is 12.1 Å². The second-order valence-corrected chi connectivity index (χ2v) is 6.17. The average molecular weight is 385 g/mol. The van der Waals surface area contributed by atoms with Crippen LogP contribution < -0.4 is 10.1 Å². The Morgan fingerprint density at radius 2 is 2.04 bits per heavy atom. The second-order valence-electron chi connectivity index (χ2n) is 6.17. The average Bonchev–Trinajstić information content (AvgIpc) is 2.67. The molecule has 1 amide bonds. The molecule has 1 heterocycles. The van der Waals surface area contributed by atoms with Crippen LogP contribution in [0.3, 0.4) is 0 Å². The Hall–Kier alpha value is -3.46. The molecule has 0 aromatic heterocycles. The highest BCUT2D eigenvalue weighted by molar-refractivity contribution is 5.99. The van der Waals surface area contributed by atoms with E-state index in [1.807, 2.05) is 12.1 Å². The lowest BCUT2D eigenvalue weighted by molar-refractivity contribution is -0.385. The van der Waals surface area contributed by atoms with Gasteiger partial charge in [0.1, 0.15) is 12.4 Å². The molecule has 3 rings (SSSR count). The molecule has 2 aromatic carbocycles. The smallest absolute Gasteiger partial charge is 0.270 e. The van der Waals surface area contributed by atoms with Gasteiger partial charge in [-0.25, -0.2) is 0 Å². The summed E-state index contributed by atoms with van der Waals surface area (Å²) >= 11 is 0. The Balaban J connectivity index is 1.72. The maximum atomic E-state index is 11.1. The summed E-state index contributed by atoms with van der Waals surface area (Å²) in [6.07, 6.45) is 0. The highest BCUT2D eigenvalue weighted by atomic mass is 16.7. The summed E-state index contributed by atoms with van der Waals surface area (Å²) in [6.45, 7) is 3.57. The molecule has 28 heavy (non-hydrogen) atoms. The number of hydrogen-bond donors (Lipinski definition) is 1. The van der Waals surface area contributed by atoms with E-state index >= 15 is 0 Å². The van der Waals surface area contributed by atoms with Gasteiger partial charge in [0, 0.05) is 35.9 Å². The van der Waals surface area contributed by atoms with Crippen LogP contribution >= 0.6 is 0 Å². The number of nitro benzene ring substituents is 1. The standard InChI is InChI=1S/C19H19N3O6/c1-12(14-3-5-17(6-4-14)20-13(2)23)21-28-10-16-8-18(22(24)25)7-15-9-26-11-27-19(15)16/h3-8H,9-11H2,1-2H3,(H,20,23)/b21-12-. The van der Waals surface area contributed by atoms with E-state index < -0.39 is 4.92 Å². The van der Waals surface area contributed by atoms with E-state index in [2.05, 4.69) is 10.5 Å². The molecule has 0 aliphatic carbocycles. The van der Waals surface area contributed by atoms with E-state index in [0.717, 1.165) is 5.56 Å². The molecule has 9 heteroatoms. The number of rotatable bonds is 6. The van der Waals surface area contributed by atoms with Crippen molar-refractivity contribution >= 4 is 23.0 Å². The van der Waals surface area contributed by atoms with Crippen LogP contribution in [-0.2, 0) is 27.6 Å². The highest BCUT2D eigenvalue weighted by Crippen LogP contribution is 2.33. The molecule has 0 unspecified atom stereocenters. The predicted octanol–water partition coefficient (Wildman–Crippen LogP) is 3.36. The molecule has 1 aliphatic heterocycles. The Bertz CT molecular complexity index is 924. The van der Waals surface area contributed by atoms with Gasteiger partial charge in [-0.2, -0.15) is 0 Å². The van der Waals surface area contributed by atoms with Crippen molar-refractivity contribution in [2.24, 2.45) is 5.16 Å². The Morgan fingerprint density at radius 3 is 2.71 bits per heavy atom. The number of nitro groups is 1. The molecule has 2 aromatic rings. The van der Waals surface area contributed by atoms with Crippen LogP contribution in [0, 0.1) is 10.1 Å². The lowest BCUT2D eigenvalue weighted by atomic mass is 10.1. The number of nitrogens with one attached hydrogen (secondary N) is 1. The quantitative estimate of drug-likeness (QED) is 0.463. The fourth-order valence-corrected chi connectivity index (χ4v) is 2.74. The molecule has 0 spiro atoms. The number of carbonyl (C=O) groups is 1. The van der Waals surface area contributed by atoms with E-state index in [9.17, 15) is 14.9 Å². The number of nitrogens with zero attached hydrogens (tertiary/aromatic N) is 2. The zero-order chi connectivity index (χ0) is 20.1. The second kappa shape index (κ2) is 8.49. The van der Waals surface area contributed by atoms with Gasteiger partial charge in [-0.3, -0.25) is 14.9 Å². The van der Waals surface area contributed by atoms with Crippen molar-refractivity contribution in [1.29, 1.82) is 0 Å². The van der Waals surface area contributed by atoms with Crippen LogP contribution in [0.2, 0.25) is 0 Å². The lowest BCUT2D eigenvalue weighted by Gasteiger charge is -2.20. The molecular formula is C19H19N3O6. The van der Waals surface area contributed by atoms with Gasteiger partial charge in [0.15, 0.2) is 6.79 Å². The van der Waals surface area contributed by atoms with Crippen LogP contribution in [0.25, 0.3) is 0 Å². The van der Waals surface area contributed by atoms with Gasteiger partial charge in [-0.15, -0.1) is 0 Å². The molecule has 0 radical (unpaired) electrons. The van der Waals surface area contributed by atoms with Crippen molar-refractivity contribution in [3.63, 3.8) is 0 Å². The number of anilines is 1. The number of oxime groups is 1. The third-order valence-corrected chi connectivity index (χ3v) is 4.03. The number of benzene rings is 2. The predicted molar refractivity (Wildman–Crippen MR) is 101 cm³/mol. The summed E-state index contributed by atoms with van der Waals surface area (Å²) in [5, 5.41) is 17.9. The lowest BCUT2D eigenvalue weighted by Crippen LogP contribution is -2.14. The minimum Gasteiger partial charge on any atom is -0.467 e. The van der Waals surface area contributed by atoms with Gasteiger partial charge < -0.3 is 19.6 Å². The summed E-state index contributed by atoms with van der Waals surface area (Å²) in [7, 11) is 0. The van der Waals surface area contributed by atoms with Crippen LogP contribution in [0.1, 0.15) is 30.5 Å². The first-order chi connectivity index (χ1) is 13.4. The van der Waals surface area contributed by atoms with E-state index in [-0.39, 0.29) is 31.6 Å². The first kappa shape index (κ1) is 19.3. The first-order valence-corrected chi connectivity index (χ1v) is 8.49. The topological polar surface area (TPSA) is 112 Å². The van der Waals surface area contributed by atoms with Crippen molar-refractivity contribution < 1.29 is 24.0 Å². The summed E-state index contributed by atoms with van der Waals surface area (Å²) in [5.41, 5.74) is 3.21. The van der Waals surface area contributed by atoms with Crippen molar-refractivity contribution in [2.45, 2.75) is 27.1 Å². The van der Waals surface area contributed by atoms with E-state index in [4.69, 9.17) is 14.3 Å². The van der Waals surface area contributed by atoms with E-state index in [1.54, 1.807) is 19.1 Å². The van der Waals surface area contributed by atoms with Gasteiger partial charge >= 0.3 is 0 Å². The van der Waals surface area contributed by atoms with Gasteiger partial charge in [-0.05, 0) is 24.6 Å². The van der Waals surface area contributed by atoms with Crippen LogP contribution in [0.5, 0.6) is 5.75 Å². The highest BCUT2D eigenvalue weighted by Gasteiger charge is 2.21. The van der Waals surface area contributed by atoms with E-state index in [1.165, 1.54) is 19.1 Å². The van der Waals surface area contributed by atoms with Gasteiger partial charge in [0.05, 0.1) is 17.2 Å². The summed E-state index contributed by atoms with van der Waals surface area (Å²) in [5.74, 6) is 0.388. The molecular weight excluding hydrogens is 366 g/mol. The fraction of sp³-hybridized carbons (Fsp3) is 0.263. The largest absolute Gasteiger partial charge is 0.467 e. The van der Waals surface area contributed by atoms with Crippen LogP contribution in [0.4, 0.5) is 11.4 Å². The van der Waals surface area contributed by atoms with Gasteiger partial charge in [0.25, 0.3) is 5.69 Å². The summed E-state index contributed by atoms with van der Waals surface area (Å²) in [6, 6.07) is 9.99. The minimum absolute atomic E-state index is 0.0192. The molecule has 1 N–H and O–H groups in total. The Labute approximate surface area is 161 Å². The fourth-order valence-electron chi connectivity index (χ4n) is 2.74. The maximum Gasteiger partial charge on any atom is 0.270 e. The van der Waals surface area contributed by atoms with Crippen LogP contribution in [0.15, 0.2) is 41.6 Å². The molecule has 9 nitrogen and oxygen atoms in total. The third-order valence-electron chi connectivity index (χ3n) is 4.03. The number of non-ortho nitro benzene ring substituents is 1. The first-order valence-electron chi connectivity index (χ1n) is 8.49. The number of hydrogen-bond acceptors (Lipinski definition) is 7. The molecule has 0 saturated heterocycles. The number of carbonyl (C=O) groups excluding carboxylic acids is 1. The molecule has 0 saturated carbocycles. The molecule has 0 atom stereocenters. The normalized spacial score (nSPS) is 13.3. The van der Waals surface area contributed by atoms with Gasteiger partial charge in [0.2, 0.25) is 5.91 Å². The number of amides is 1. The number of ether oxygens (including phenoxy) is 2. The maximum absolute atomic E-state index is 11.1. The van der Waals surface area contributed by atoms with Crippen molar-refractivity contribution in [1.82, 2.24) is 0 Å². The molecule has 146 valence electrons. The SMILES string of the molecule is CC(=O)Nc1ccc(/C(C)=N\OCc2cc([N+](=O)[O-])cc3c2OCOC3)cc1. The minimum atomic E-state index is -0.469. The van der Waals surface area contributed by atoms with Crippen LogP contribution in [-0.4, -0.2) is 23.3 Å². The third kappa shape index (κ3) is 4.63. The Kier molecular flexibility index (Phi) is 5.85. The van der Waals surface area contributed by atoms with Crippen molar-refractivity contribution in [3.8, 4) is 5.75 Å². The van der Waals surface area contributed by atoms with Gasteiger partial charge in [-0.1, -0.05) is 17.3 Å². The Morgan fingerprint density at radius 1 is 1.29 bits per heavy atom. The monoisotopic (exact) mass is 385 g/mol. The zero-order valence-electron chi connectivity index (χ0n) is 15.4. The zero-order valence-corrected chi connectivity index (χ0v) is 15.4. The molecule has 0 bridgehead atoms. The number of fused-ring (bicyclic) bond motifs is 1. The summed E-state index contributed by atoms with van der Waals surface area (Å²) < 4.78 is 10.6. The molecule has 0 fully saturated rings. The van der Waals surface area contributed by atoms with E-state index in [0.29, 0.717) is 28.3 Å².